The first-order chi connectivity index (χ1) is 12.2. The molecule has 1 aliphatic heterocycles. The molecule has 3 aromatic rings. The first-order valence-corrected chi connectivity index (χ1v) is 8.82. The molecular weight excluding hydrogens is 316 g/mol. The molecule has 25 heavy (non-hydrogen) atoms. The van der Waals surface area contributed by atoms with Gasteiger partial charge in [0.15, 0.2) is 5.65 Å². The quantitative estimate of drug-likeness (QED) is 0.745. The Morgan fingerprint density at radius 1 is 1.44 bits per heavy atom. The minimum atomic E-state index is 0.102. The molecule has 4 rings (SSSR count). The number of H-pyrrole nitrogens is 1. The maximum absolute atomic E-state index is 5.98. The van der Waals surface area contributed by atoms with Gasteiger partial charge in [0, 0.05) is 50.4 Å². The Morgan fingerprint density at radius 2 is 2.36 bits per heavy atom. The maximum atomic E-state index is 5.98. The number of nitrogens with one attached hydrogen (secondary N) is 2. The first kappa shape index (κ1) is 16.2. The zero-order valence-electron chi connectivity index (χ0n) is 14.7. The second-order valence-corrected chi connectivity index (χ2v) is 6.76. The third-order valence-corrected chi connectivity index (χ3v) is 4.93. The highest BCUT2D eigenvalue weighted by Crippen LogP contribution is 2.32. The molecule has 0 spiro atoms. The number of hydrogen-bond donors (Lipinski definition) is 2. The monoisotopic (exact) mass is 340 g/mol. The van der Waals surface area contributed by atoms with Crippen molar-refractivity contribution in [3.63, 3.8) is 0 Å². The molecule has 7 nitrogen and oxygen atoms in total. The molecule has 1 fully saturated rings. The van der Waals surface area contributed by atoms with Gasteiger partial charge in [-0.2, -0.15) is 10.2 Å². The van der Waals surface area contributed by atoms with Crippen molar-refractivity contribution in [2.45, 2.75) is 32.4 Å². The zero-order valence-corrected chi connectivity index (χ0v) is 14.7. The van der Waals surface area contributed by atoms with Gasteiger partial charge < -0.3 is 10.1 Å². The Hall–Kier alpha value is -2.25. The smallest absolute Gasteiger partial charge is 0.157 e. The standard InChI is InChI=1S/C18H24N6O/c1-12-15-8-13(10-20-18(15)24(2)23-12)9-19-11-14-4-3-7-25-17(14)16-5-6-21-22-16/h5-6,8,10,14,17,19H,3-4,7,9,11H2,1-2H3,(H,21,22)/t14-,17+/m0/s1. The Kier molecular flexibility index (Phi) is 4.50. The SMILES string of the molecule is Cc1nn(C)c2ncc(CNC[C@@H]3CCCO[C@H]3c3ccn[nH]3)cc12. The van der Waals surface area contributed by atoms with Crippen molar-refractivity contribution < 1.29 is 4.74 Å². The summed E-state index contributed by atoms with van der Waals surface area (Å²) in [5.41, 5.74) is 4.20. The number of nitrogens with zero attached hydrogens (tertiary/aromatic N) is 4. The summed E-state index contributed by atoms with van der Waals surface area (Å²) in [6, 6.07) is 4.19. The van der Waals surface area contributed by atoms with Gasteiger partial charge in [-0.25, -0.2) is 4.98 Å². The van der Waals surface area contributed by atoms with Crippen LogP contribution in [0.4, 0.5) is 0 Å². The van der Waals surface area contributed by atoms with Gasteiger partial charge in [-0.15, -0.1) is 0 Å². The van der Waals surface area contributed by atoms with Crippen molar-refractivity contribution in [2.75, 3.05) is 13.2 Å². The van der Waals surface area contributed by atoms with Gasteiger partial charge in [0.1, 0.15) is 6.10 Å². The lowest BCUT2D eigenvalue weighted by molar-refractivity contribution is -0.0303. The number of fused-ring (bicyclic) bond motifs is 1. The molecule has 0 aromatic carbocycles. The lowest BCUT2D eigenvalue weighted by Gasteiger charge is -2.31. The second kappa shape index (κ2) is 6.93. The van der Waals surface area contributed by atoms with Crippen LogP contribution in [0.15, 0.2) is 24.5 Å². The fourth-order valence-corrected chi connectivity index (χ4v) is 3.67. The van der Waals surface area contributed by atoms with Crippen LogP contribution in [-0.2, 0) is 18.3 Å². The molecule has 1 saturated heterocycles. The molecule has 0 amide bonds. The Labute approximate surface area is 146 Å². The summed E-state index contributed by atoms with van der Waals surface area (Å²) >= 11 is 0. The van der Waals surface area contributed by atoms with Crippen LogP contribution in [0, 0.1) is 12.8 Å². The van der Waals surface area contributed by atoms with Crippen molar-refractivity contribution in [1.29, 1.82) is 0 Å². The molecule has 0 aliphatic carbocycles. The van der Waals surface area contributed by atoms with Crippen LogP contribution in [0.25, 0.3) is 11.0 Å². The third kappa shape index (κ3) is 3.29. The average Bonchev–Trinajstić information content (AvgIpc) is 3.25. The molecule has 2 atom stereocenters. The fourth-order valence-electron chi connectivity index (χ4n) is 3.67. The van der Waals surface area contributed by atoms with E-state index in [2.05, 4.69) is 31.7 Å². The van der Waals surface area contributed by atoms with Crippen molar-refractivity contribution >= 4 is 11.0 Å². The Balaban J connectivity index is 1.40. The van der Waals surface area contributed by atoms with Crippen LogP contribution >= 0.6 is 0 Å². The largest absolute Gasteiger partial charge is 0.372 e. The van der Waals surface area contributed by atoms with E-state index in [1.165, 1.54) is 5.56 Å². The van der Waals surface area contributed by atoms with E-state index in [1.807, 2.05) is 30.9 Å². The molecule has 2 N–H and O–H groups in total. The number of aromatic nitrogens is 5. The highest BCUT2D eigenvalue weighted by molar-refractivity contribution is 5.78. The second-order valence-electron chi connectivity index (χ2n) is 6.76. The molecule has 4 heterocycles. The molecule has 3 aromatic heterocycles. The van der Waals surface area contributed by atoms with Gasteiger partial charge in [-0.05, 0) is 37.5 Å². The van der Waals surface area contributed by atoms with E-state index in [0.29, 0.717) is 5.92 Å². The number of aromatic amines is 1. The van der Waals surface area contributed by atoms with Gasteiger partial charge >= 0.3 is 0 Å². The fraction of sp³-hybridized carbons (Fsp3) is 0.500. The minimum absolute atomic E-state index is 0.102. The maximum Gasteiger partial charge on any atom is 0.157 e. The van der Waals surface area contributed by atoms with E-state index < -0.39 is 0 Å². The average molecular weight is 340 g/mol. The van der Waals surface area contributed by atoms with Gasteiger partial charge in [0.2, 0.25) is 0 Å². The van der Waals surface area contributed by atoms with Crippen molar-refractivity contribution in [2.24, 2.45) is 13.0 Å². The molecular formula is C18H24N6O. The van der Waals surface area contributed by atoms with Gasteiger partial charge in [0.25, 0.3) is 0 Å². The molecule has 1 aliphatic rings. The van der Waals surface area contributed by atoms with E-state index in [1.54, 1.807) is 6.20 Å². The number of ether oxygens (including phenoxy) is 1. The van der Waals surface area contributed by atoms with Gasteiger partial charge in [-0.3, -0.25) is 9.78 Å². The van der Waals surface area contributed by atoms with E-state index >= 15 is 0 Å². The van der Waals surface area contributed by atoms with Crippen molar-refractivity contribution in [1.82, 2.24) is 30.3 Å². The lowest BCUT2D eigenvalue weighted by atomic mass is 9.92. The molecule has 0 radical (unpaired) electrons. The minimum Gasteiger partial charge on any atom is -0.372 e. The van der Waals surface area contributed by atoms with Crippen molar-refractivity contribution in [3.05, 3.63) is 41.5 Å². The van der Waals surface area contributed by atoms with E-state index in [9.17, 15) is 0 Å². The summed E-state index contributed by atoms with van der Waals surface area (Å²) in [7, 11) is 1.93. The van der Waals surface area contributed by atoms with Gasteiger partial charge in [-0.1, -0.05) is 0 Å². The van der Waals surface area contributed by atoms with Crippen LogP contribution in [-0.4, -0.2) is 38.1 Å². The summed E-state index contributed by atoms with van der Waals surface area (Å²) in [4.78, 5) is 4.55. The Morgan fingerprint density at radius 3 is 3.20 bits per heavy atom. The summed E-state index contributed by atoms with van der Waals surface area (Å²) in [5.74, 6) is 0.450. The van der Waals surface area contributed by atoms with Crippen molar-refractivity contribution in [3.8, 4) is 0 Å². The van der Waals surface area contributed by atoms with Crippen LogP contribution in [0.1, 0.15) is 35.9 Å². The third-order valence-electron chi connectivity index (χ3n) is 4.93. The van der Waals surface area contributed by atoms with Gasteiger partial charge in [0.05, 0.1) is 11.4 Å². The summed E-state index contributed by atoms with van der Waals surface area (Å²) in [6.07, 6.45) is 6.09. The predicted molar refractivity (Wildman–Crippen MR) is 95.0 cm³/mol. The molecule has 0 bridgehead atoms. The number of pyridine rings is 1. The molecule has 132 valence electrons. The highest BCUT2D eigenvalue weighted by Gasteiger charge is 2.28. The summed E-state index contributed by atoms with van der Waals surface area (Å²) < 4.78 is 7.81. The first-order valence-electron chi connectivity index (χ1n) is 8.82. The highest BCUT2D eigenvalue weighted by atomic mass is 16.5. The molecule has 0 saturated carbocycles. The lowest BCUT2D eigenvalue weighted by Crippen LogP contribution is -2.32. The van der Waals surface area contributed by atoms with E-state index in [0.717, 1.165) is 55.0 Å². The molecule has 7 heteroatoms. The number of aryl methyl sites for hydroxylation is 2. The summed E-state index contributed by atoms with van der Waals surface area (Å²) in [6.45, 7) is 4.55. The van der Waals surface area contributed by atoms with Crippen LogP contribution in [0.2, 0.25) is 0 Å². The van der Waals surface area contributed by atoms with E-state index in [-0.39, 0.29) is 6.10 Å². The number of rotatable bonds is 5. The normalized spacial score (nSPS) is 21.0. The topological polar surface area (TPSA) is 80.7 Å². The Bertz CT molecular complexity index is 841. The zero-order chi connectivity index (χ0) is 17.2. The van der Waals surface area contributed by atoms with Crippen LogP contribution < -0.4 is 5.32 Å². The molecule has 0 unspecified atom stereocenters. The summed E-state index contributed by atoms with van der Waals surface area (Å²) in [5, 5.41) is 16.2. The van der Waals surface area contributed by atoms with E-state index in [4.69, 9.17) is 4.74 Å². The van der Waals surface area contributed by atoms with Crippen LogP contribution in [0.5, 0.6) is 0 Å². The predicted octanol–water partition coefficient (Wildman–Crippen LogP) is 2.26. The van der Waals surface area contributed by atoms with Crippen LogP contribution in [0.3, 0.4) is 0 Å². The number of hydrogen-bond acceptors (Lipinski definition) is 5.